The van der Waals surface area contributed by atoms with Crippen LogP contribution in [-0.2, 0) is 13.1 Å². The zero-order valence-corrected chi connectivity index (χ0v) is 17.4. The van der Waals surface area contributed by atoms with Gasteiger partial charge in [0.25, 0.3) is 0 Å². The molecule has 1 aromatic heterocycles. The highest BCUT2D eigenvalue weighted by Gasteiger charge is 2.08. The van der Waals surface area contributed by atoms with E-state index < -0.39 is 0 Å². The number of aromatic nitrogens is 2. The van der Waals surface area contributed by atoms with Gasteiger partial charge in [0.05, 0.1) is 6.54 Å². The molecule has 158 valence electrons. The van der Waals surface area contributed by atoms with Crippen LogP contribution in [0.3, 0.4) is 0 Å². The molecular formula is C23H28FN5O. The molecule has 0 fully saturated rings. The van der Waals surface area contributed by atoms with Crippen molar-refractivity contribution >= 4 is 5.96 Å². The Bertz CT molecular complexity index is 924. The minimum absolute atomic E-state index is 0.112. The van der Waals surface area contributed by atoms with Gasteiger partial charge in [-0.3, -0.25) is 0 Å². The maximum atomic E-state index is 13.0. The van der Waals surface area contributed by atoms with Crippen LogP contribution in [0.4, 0.5) is 4.39 Å². The molecule has 3 rings (SSSR count). The van der Waals surface area contributed by atoms with E-state index in [-0.39, 0.29) is 11.9 Å². The third-order valence-corrected chi connectivity index (χ3v) is 4.43. The van der Waals surface area contributed by atoms with E-state index in [1.54, 1.807) is 18.3 Å². The summed E-state index contributed by atoms with van der Waals surface area (Å²) >= 11 is 0. The standard InChI is InChI=1S/C23H28FN5O/c1-3-25-23(27-15-18(2)30-21-11-9-20(24)10-12-21)28-16-22-26-13-14-29(22)17-19-7-5-4-6-8-19/h4-14,18H,3,15-17H2,1-2H3,(H2,25,27,28). The fourth-order valence-electron chi connectivity index (χ4n) is 2.93. The molecule has 0 aliphatic rings. The lowest BCUT2D eigenvalue weighted by Crippen LogP contribution is -2.41. The van der Waals surface area contributed by atoms with E-state index in [0.29, 0.717) is 24.8 Å². The minimum Gasteiger partial charge on any atom is -0.489 e. The Labute approximate surface area is 176 Å². The van der Waals surface area contributed by atoms with Gasteiger partial charge >= 0.3 is 0 Å². The van der Waals surface area contributed by atoms with Gasteiger partial charge in [-0.25, -0.2) is 14.4 Å². The quantitative estimate of drug-likeness (QED) is 0.419. The van der Waals surface area contributed by atoms with Gasteiger partial charge in [0.1, 0.15) is 30.0 Å². The summed E-state index contributed by atoms with van der Waals surface area (Å²) in [5.41, 5.74) is 1.22. The minimum atomic E-state index is -0.277. The van der Waals surface area contributed by atoms with Crippen molar-refractivity contribution in [1.82, 2.24) is 20.2 Å². The van der Waals surface area contributed by atoms with E-state index in [0.717, 1.165) is 18.9 Å². The Balaban J connectivity index is 1.55. The first-order valence-corrected chi connectivity index (χ1v) is 10.1. The SMILES string of the molecule is CCNC(=NCc1nccn1Cc1ccccc1)NCC(C)Oc1ccc(F)cc1. The second-order valence-electron chi connectivity index (χ2n) is 6.92. The lowest BCUT2D eigenvalue weighted by molar-refractivity contribution is 0.223. The van der Waals surface area contributed by atoms with Crippen LogP contribution in [0.1, 0.15) is 25.2 Å². The monoisotopic (exact) mass is 409 g/mol. The maximum Gasteiger partial charge on any atom is 0.191 e. The number of imidazole rings is 1. The molecule has 1 unspecified atom stereocenters. The van der Waals surface area contributed by atoms with Gasteiger partial charge < -0.3 is 19.9 Å². The second-order valence-corrected chi connectivity index (χ2v) is 6.92. The topological polar surface area (TPSA) is 63.5 Å². The first-order valence-electron chi connectivity index (χ1n) is 10.1. The zero-order chi connectivity index (χ0) is 21.2. The first kappa shape index (κ1) is 21.4. The molecule has 0 amide bonds. The number of hydrogen-bond donors (Lipinski definition) is 2. The predicted octanol–water partition coefficient (Wildman–Crippen LogP) is 3.59. The van der Waals surface area contributed by atoms with Crippen LogP contribution >= 0.6 is 0 Å². The molecule has 2 aromatic carbocycles. The van der Waals surface area contributed by atoms with Gasteiger partial charge in [0.15, 0.2) is 5.96 Å². The van der Waals surface area contributed by atoms with Gasteiger partial charge in [-0.2, -0.15) is 0 Å². The number of nitrogens with zero attached hydrogens (tertiary/aromatic N) is 3. The van der Waals surface area contributed by atoms with E-state index in [1.807, 2.05) is 38.2 Å². The average Bonchev–Trinajstić information content (AvgIpc) is 3.19. The molecule has 3 aromatic rings. The van der Waals surface area contributed by atoms with Crippen molar-refractivity contribution in [2.45, 2.75) is 33.0 Å². The Morgan fingerprint density at radius 3 is 2.63 bits per heavy atom. The van der Waals surface area contributed by atoms with Crippen molar-refractivity contribution in [2.75, 3.05) is 13.1 Å². The smallest absolute Gasteiger partial charge is 0.191 e. The first-order chi connectivity index (χ1) is 14.6. The number of guanidine groups is 1. The Morgan fingerprint density at radius 1 is 1.13 bits per heavy atom. The van der Waals surface area contributed by atoms with Crippen LogP contribution in [-0.4, -0.2) is 34.7 Å². The largest absolute Gasteiger partial charge is 0.489 e. The summed E-state index contributed by atoms with van der Waals surface area (Å²) < 4.78 is 20.9. The van der Waals surface area contributed by atoms with Crippen molar-refractivity contribution < 1.29 is 9.13 Å². The fourth-order valence-corrected chi connectivity index (χ4v) is 2.93. The van der Waals surface area contributed by atoms with Gasteiger partial charge in [-0.1, -0.05) is 30.3 Å². The third kappa shape index (κ3) is 6.62. The highest BCUT2D eigenvalue weighted by molar-refractivity contribution is 5.79. The molecule has 0 saturated heterocycles. The van der Waals surface area contributed by atoms with Crippen molar-refractivity contribution in [3.8, 4) is 5.75 Å². The molecular weight excluding hydrogens is 381 g/mol. The summed E-state index contributed by atoms with van der Waals surface area (Å²) in [4.78, 5) is 9.10. The molecule has 0 aliphatic heterocycles. The number of rotatable bonds is 9. The lowest BCUT2D eigenvalue weighted by atomic mass is 10.2. The molecule has 6 nitrogen and oxygen atoms in total. The number of halogens is 1. The van der Waals surface area contributed by atoms with E-state index in [9.17, 15) is 4.39 Å². The average molecular weight is 410 g/mol. The second kappa shape index (κ2) is 11.0. The summed E-state index contributed by atoms with van der Waals surface area (Å²) in [6.45, 7) is 6.50. The summed E-state index contributed by atoms with van der Waals surface area (Å²) in [5.74, 6) is 1.95. The molecule has 1 heterocycles. The molecule has 30 heavy (non-hydrogen) atoms. The van der Waals surface area contributed by atoms with Crippen LogP contribution < -0.4 is 15.4 Å². The molecule has 0 bridgehead atoms. The van der Waals surface area contributed by atoms with Crippen molar-refractivity contribution in [2.24, 2.45) is 4.99 Å². The predicted molar refractivity (Wildman–Crippen MR) is 117 cm³/mol. The Morgan fingerprint density at radius 2 is 1.90 bits per heavy atom. The Hall–Kier alpha value is -3.35. The van der Waals surface area contributed by atoms with Gasteiger partial charge in [0.2, 0.25) is 0 Å². The molecule has 1 atom stereocenters. The zero-order valence-electron chi connectivity index (χ0n) is 17.4. The van der Waals surface area contributed by atoms with E-state index >= 15 is 0 Å². The van der Waals surface area contributed by atoms with Crippen molar-refractivity contribution in [3.63, 3.8) is 0 Å². The van der Waals surface area contributed by atoms with Crippen molar-refractivity contribution in [3.05, 3.63) is 84.2 Å². The van der Waals surface area contributed by atoms with Crippen molar-refractivity contribution in [1.29, 1.82) is 0 Å². The summed E-state index contributed by atoms with van der Waals surface area (Å²) in [6, 6.07) is 16.3. The number of benzene rings is 2. The highest BCUT2D eigenvalue weighted by Crippen LogP contribution is 2.12. The molecule has 7 heteroatoms. The number of nitrogens with one attached hydrogen (secondary N) is 2. The number of hydrogen-bond acceptors (Lipinski definition) is 3. The molecule has 2 N–H and O–H groups in total. The van der Waals surface area contributed by atoms with E-state index in [2.05, 4.69) is 37.3 Å². The highest BCUT2D eigenvalue weighted by atomic mass is 19.1. The molecule has 0 spiro atoms. The lowest BCUT2D eigenvalue weighted by Gasteiger charge is -2.17. The molecule has 0 radical (unpaired) electrons. The fraction of sp³-hybridized carbons (Fsp3) is 0.304. The summed E-state index contributed by atoms with van der Waals surface area (Å²) in [6.07, 6.45) is 3.66. The van der Waals surface area contributed by atoms with Crippen LogP contribution in [0.5, 0.6) is 5.75 Å². The Kier molecular flexibility index (Phi) is 7.83. The van der Waals surface area contributed by atoms with Crippen LogP contribution in [0.15, 0.2) is 72.0 Å². The molecule has 0 saturated carbocycles. The summed E-state index contributed by atoms with van der Waals surface area (Å²) in [5, 5.41) is 6.52. The van der Waals surface area contributed by atoms with Gasteiger partial charge in [0, 0.05) is 25.5 Å². The van der Waals surface area contributed by atoms with Crippen LogP contribution in [0, 0.1) is 5.82 Å². The number of ether oxygens (including phenoxy) is 1. The van der Waals surface area contributed by atoms with Crippen LogP contribution in [0.25, 0.3) is 0 Å². The van der Waals surface area contributed by atoms with Gasteiger partial charge in [-0.05, 0) is 43.7 Å². The maximum absolute atomic E-state index is 13.0. The van der Waals surface area contributed by atoms with E-state index in [4.69, 9.17) is 4.74 Å². The van der Waals surface area contributed by atoms with E-state index in [1.165, 1.54) is 17.7 Å². The molecule has 0 aliphatic carbocycles. The normalized spacial score (nSPS) is 12.4. The summed E-state index contributed by atoms with van der Waals surface area (Å²) in [7, 11) is 0. The number of aliphatic imine (C=N–C) groups is 1. The van der Waals surface area contributed by atoms with Crippen LogP contribution in [0.2, 0.25) is 0 Å². The van der Waals surface area contributed by atoms with Gasteiger partial charge in [-0.15, -0.1) is 0 Å². The third-order valence-electron chi connectivity index (χ3n) is 4.43.